The van der Waals surface area contributed by atoms with Gasteiger partial charge in [-0.1, -0.05) is 25.4 Å². The van der Waals surface area contributed by atoms with Crippen molar-refractivity contribution in [2.24, 2.45) is 5.92 Å². The first kappa shape index (κ1) is 18.4. The minimum Gasteiger partial charge on any atom is -0.408 e. The maximum atomic E-state index is 11.9. The Morgan fingerprint density at radius 2 is 2.00 bits per heavy atom. The summed E-state index contributed by atoms with van der Waals surface area (Å²) in [6, 6.07) is 3.30. The van der Waals surface area contributed by atoms with E-state index in [0.29, 0.717) is 22.4 Å². The van der Waals surface area contributed by atoms with E-state index in [1.807, 2.05) is 32.7 Å². The second-order valence-corrected chi connectivity index (χ2v) is 7.29. The molecule has 0 aromatic heterocycles. The number of nitrogens with one attached hydrogen (secondary N) is 1. The summed E-state index contributed by atoms with van der Waals surface area (Å²) in [5.41, 5.74) is 6.63. The predicted molar refractivity (Wildman–Crippen MR) is 92.9 cm³/mol. The summed E-state index contributed by atoms with van der Waals surface area (Å²) in [5, 5.41) is 3.26. The number of nitrogens with two attached hydrogens (primary N) is 1. The number of ether oxygens (including phenoxy) is 1. The summed E-state index contributed by atoms with van der Waals surface area (Å²) < 4.78 is 5.31. The van der Waals surface area contributed by atoms with E-state index in [1.54, 1.807) is 12.1 Å². The zero-order valence-electron chi connectivity index (χ0n) is 14.2. The van der Waals surface area contributed by atoms with Crippen LogP contribution in [0.4, 0.5) is 16.2 Å². The van der Waals surface area contributed by atoms with Crippen molar-refractivity contribution < 1.29 is 9.53 Å². The lowest BCUT2D eigenvalue weighted by Gasteiger charge is -2.24. The van der Waals surface area contributed by atoms with E-state index >= 15 is 0 Å². The number of nitrogens with zero attached hydrogens (tertiary/aromatic N) is 1. The molecule has 1 aromatic carbocycles. The molecule has 0 spiro atoms. The normalized spacial score (nSPS) is 11.5. The molecule has 0 aliphatic carbocycles. The molecule has 0 aliphatic heterocycles. The Hall–Kier alpha value is -1.62. The van der Waals surface area contributed by atoms with Gasteiger partial charge in [-0.15, -0.1) is 0 Å². The van der Waals surface area contributed by atoms with Gasteiger partial charge in [-0.25, -0.2) is 4.79 Å². The maximum Gasteiger partial charge on any atom is 0.413 e. The minimum atomic E-state index is -0.543. The summed E-state index contributed by atoms with van der Waals surface area (Å²) in [4.78, 5) is 13.9. The summed E-state index contributed by atoms with van der Waals surface area (Å²) in [6.45, 7) is 10.7. The van der Waals surface area contributed by atoms with E-state index in [2.05, 4.69) is 19.2 Å². The largest absolute Gasteiger partial charge is 0.413 e. The first-order valence-corrected chi connectivity index (χ1v) is 7.67. The van der Waals surface area contributed by atoms with Crippen molar-refractivity contribution in [2.45, 2.75) is 40.2 Å². The molecule has 0 radical (unpaired) electrons. The minimum absolute atomic E-state index is 0.303. The Morgan fingerprint density at radius 3 is 2.50 bits per heavy atom. The van der Waals surface area contributed by atoms with Crippen LogP contribution in [0.25, 0.3) is 0 Å². The molecule has 3 N–H and O–H groups in total. The first-order valence-electron chi connectivity index (χ1n) is 7.29. The van der Waals surface area contributed by atoms with Gasteiger partial charge in [0.1, 0.15) is 0 Å². The van der Waals surface area contributed by atoms with Crippen molar-refractivity contribution in [1.29, 1.82) is 0 Å². The van der Waals surface area contributed by atoms with Gasteiger partial charge in [0.2, 0.25) is 0 Å². The fourth-order valence-electron chi connectivity index (χ4n) is 2.02. The molecule has 22 heavy (non-hydrogen) atoms. The van der Waals surface area contributed by atoms with Crippen LogP contribution in [0.5, 0.6) is 5.75 Å². The lowest BCUT2D eigenvalue weighted by molar-refractivity contribution is 0.191. The van der Waals surface area contributed by atoms with Crippen LogP contribution in [0.2, 0.25) is 5.02 Å². The molecule has 0 aliphatic rings. The second kappa shape index (κ2) is 7.09. The highest BCUT2D eigenvalue weighted by Gasteiger charge is 2.18. The van der Waals surface area contributed by atoms with Crippen molar-refractivity contribution >= 4 is 29.1 Å². The van der Waals surface area contributed by atoms with Crippen LogP contribution in [-0.4, -0.2) is 25.2 Å². The Bertz CT molecular complexity index is 539. The predicted octanol–water partition coefficient (Wildman–Crippen LogP) is 3.90. The van der Waals surface area contributed by atoms with Crippen LogP contribution < -0.4 is 20.7 Å². The molecule has 1 aromatic rings. The SMILES string of the molecule is CC(C)CN(C)c1cc(OC(=O)NC(C)(C)C)c(N)cc1Cl. The zero-order chi connectivity index (χ0) is 17.1. The van der Waals surface area contributed by atoms with Crippen LogP contribution in [0.1, 0.15) is 34.6 Å². The Kier molecular flexibility index (Phi) is 5.94. The van der Waals surface area contributed by atoms with Crippen molar-refractivity contribution in [3.63, 3.8) is 0 Å². The number of anilines is 2. The van der Waals surface area contributed by atoms with Crippen LogP contribution in [-0.2, 0) is 0 Å². The highest BCUT2D eigenvalue weighted by Crippen LogP contribution is 2.35. The van der Waals surface area contributed by atoms with Crippen LogP contribution in [0.3, 0.4) is 0 Å². The van der Waals surface area contributed by atoms with Gasteiger partial charge in [0.05, 0.1) is 16.4 Å². The molecule has 0 heterocycles. The maximum absolute atomic E-state index is 11.9. The number of nitrogen functional groups attached to an aromatic ring is 1. The van der Waals surface area contributed by atoms with Gasteiger partial charge in [0.25, 0.3) is 0 Å². The van der Waals surface area contributed by atoms with E-state index in [4.69, 9.17) is 22.1 Å². The molecule has 1 amide bonds. The third kappa shape index (κ3) is 5.64. The highest BCUT2D eigenvalue weighted by atomic mass is 35.5. The number of carbonyl (C=O) groups is 1. The van der Waals surface area contributed by atoms with Gasteiger partial charge in [0.15, 0.2) is 5.75 Å². The van der Waals surface area contributed by atoms with Crippen LogP contribution in [0, 0.1) is 5.92 Å². The molecule has 0 saturated heterocycles. The number of hydrogen-bond donors (Lipinski definition) is 2. The van der Waals surface area contributed by atoms with Gasteiger partial charge >= 0.3 is 6.09 Å². The Balaban J connectivity index is 2.99. The van der Waals surface area contributed by atoms with Crippen molar-refractivity contribution in [2.75, 3.05) is 24.2 Å². The third-order valence-electron chi connectivity index (χ3n) is 2.81. The Morgan fingerprint density at radius 1 is 1.41 bits per heavy atom. The smallest absolute Gasteiger partial charge is 0.408 e. The van der Waals surface area contributed by atoms with Crippen molar-refractivity contribution in [3.8, 4) is 5.75 Å². The third-order valence-corrected chi connectivity index (χ3v) is 3.11. The summed E-state index contributed by atoms with van der Waals surface area (Å²) in [5.74, 6) is 0.781. The molecule has 0 atom stereocenters. The quantitative estimate of drug-likeness (QED) is 0.823. The van der Waals surface area contributed by atoms with Crippen LogP contribution in [0.15, 0.2) is 12.1 Å². The van der Waals surface area contributed by atoms with Gasteiger partial charge < -0.3 is 20.7 Å². The number of rotatable bonds is 4. The number of carbonyl (C=O) groups excluding carboxylic acids is 1. The van der Waals surface area contributed by atoms with E-state index in [9.17, 15) is 4.79 Å². The molecule has 5 nitrogen and oxygen atoms in total. The van der Waals surface area contributed by atoms with Crippen molar-refractivity contribution in [1.82, 2.24) is 5.32 Å². The Labute approximate surface area is 137 Å². The lowest BCUT2D eigenvalue weighted by Crippen LogP contribution is -2.42. The molecule has 0 saturated carbocycles. The van der Waals surface area contributed by atoms with Crippen molar-refractivity contribution in [3.05, 3.63) is 17.2 Å². The first-order chi connectivity index (χ1) is 9.99. The summed E-state index contributed by atoms with van der Waals surface area (Å²) in [6.07, 6.45) is -0.543. The lowest BCUT2D eigenvalue weighted by atomic mass is 10.1. The number of halogens is 1. The molecule has 0 bridgehead atoms. The van der Waals surface area contributed by atoms with E-state index in [0.717, 1.165) is 12.2 Å². The molecule has 6 heteroatoms. The van der Waals surface area contributed by atoms with E-state index < -0.39 is 6.09 Å². The summed E-state index contributed by atoms with van der Waals surface area (Å²) >= 11 is 6.25. The second-order valence-electron chi connectivity index (χ2n) is 6.88. The molecule has 1 rings (SSSR count). The molecular formula is C16H26ClN3O2. The van der Waals surface area contributed by atoms with Gasteiger partial charge in [-0.05, 0) is 32.8 Å². The fourth-order valence-corrected chi connectivity index (χ4v) is 2.33. The van der Waals surface area contributed by atoms with Crippen LogP contribution >= 0.6 is 11.6 Å². The molecule has 0 unspecified atom stereocenters. The molecular weight excluding hydrogens is 302 g/mol. The fraction of sp³-hybridized carbons (Fsp3) is 0.562. The highest BCUT2D eigenvalue weighted by molar-refractivity contribution is 6.33. The average molecular weight is 328 g/mol. The number of amides is 1. The summed E-state index contributed by atoms with van der Waals surface area (Å²) in [7, 11) is 1.94. The topological polar surface area (TPSA) is 67.6 Å². The zero-order valence-corrected chi connectivity index (χ0v) is 14.9. The molecule has 0 fully saturated rings. The van der Waals surface area contributed by atoms with Gasteiger partial charge in [-0.3, -0.25) is 0 Å². The standard InChI is InChI=1S/C16H26ClN3O2/c1-10(2)9-20(6)13-8-14(12(18)7-11(13)17)22-15(21)19-16(3,4)5/h7-8,10H,9,18H2,1-6H3,(H,19,21). The van der Waals surface area contributed by atoms with Gasteiger partial charge in [0, 0.05) is 25.2 Å². The monoisotopic (exact) mass is 327 g/mol. The van der Waals surface area contributed by atoms with Gasteiger partial charge in [-0.2, -0.15) is 0 Å². The average Bonchev–Trinajstić information content (AvgIpc) is 2.29. The number of benzene rings is 1. The number of hydrogen-bond acceptors (Lipinski definition) is 4. The van der Waals surface area contributed by atoms with E-state index in [1.165, 1.54) is 0 Å². The van der Waals surface area contributed by atoms with E-state index in [-0.39, 0.29) is 5.54 Å². The molecule has 124 valence electrons.